The van der Waals surface area contributed by atoms with Crippen LogP contribution in [0.4, 0.5) is 5.82 Å². The minimum atomic E-state index is 0.444. The number of nitrogens with one attached hydrogen (secondary N) is 2. The largest absolute Gasteiger partial charge is 0.366 e. The number of rotatable bonds is 3. The Morgan fingerprint density at radius 3 is 3.05 bits per heavy atom. The van der Waals surface area contributed by atoms with E-state index in [2.05, 4.69) is 25.6 Å². The molecule has 2 N–H and O–H groups in total. The van der Waals surface area contributed by atoms with E-state index in [4.69, 9.17) is 0 Å². The average Bonchev–Trinajstić information content (AvgIpc) is 2.49. The first-order valence-electron chi connectivity index (χ1n) is 7.04. The lowest BCUT2D eigenvalue weighted by molar-refractivity contribution is 0.479. The highest BCUT2D eigenvalue weighted by molar-refractivity contribution is 5.56. The van der Waals surface area contributed by atoms with E-state index in [0.29, 0.717) is 6.04 Å². The Morgan fingerprint density at radius 2 is 2.30 bits per heavy atom. The quantitative estimate of drug-likeness (QED) is 0.892. The lowest BCUT2D eigenvalue weighted by atomic mass is 10.1. The van der Waals surface area contributed by atoms with Gasteiger partial charge in [0, 0.05) is 42.3 Å². The summed E-state index contributed by atoms with van der Waals surface area (Å²) < 4.78 is 0. The van der Waals surface area contributed by atoms with Gasteiger partial charge in [-0.25, -0.2) is 9.97 Å². The fourth-order valence-corrected chi connectivity index (χ4v) is 2.45. The van der Waals surface area contributed by atoms with Gasteiger partial charge in [0.25, 0.3) is 0 Å². The van der Waals surface area contributed by atoms with E-state index in [-0.39, 0.29) is 0 Å². The predicted octanol–water partition coefficient (Wildman–Crippen LogP) is 2.01. The molecule has 0 aromatic carbocycles. The number of piperidine rings is 1. The first-order valence-corrected chi connectivity index (χ1v) is 7.04. The molecule has 0 spiro atoms. The van der Waals surface area contributed by atoms with Gasteiger partial charge in [-0.1, -0.05) is 0 Å². The molecule has 3 heterocycles. The Balaban J connectivity index is 1.83. The van der Waals surface area contributed by atoms with Crippen molar-refractivity contribution >= 4 is 5.82 Å². The maximum absolute atomic E-state index is 4.61. The molecule has 104 valence electrons. The highest BCUT2D eigenvalue weighted by atomic mass is 15.1. The van der Waals surface area contributed by atoms with Crippen LogP contribution in [0, 0.1) is 6.92 Å². The van der Waals surface area contributed by atoms with Crippen LogP contribution in [0.2, 0.25) is 0 Å². The van der Waals surface area contributed by atoms with Crippen molar-refractivity contribution in [2.24, 2.45) is 0 Å². The number of hydrogen-bond acceptors (Lipinski definition) is 5. The number of anilines is 1. The Kier molecular flexibility index (Phi) is 3.87. The van der Waals surface area contributed by atoms with Crippen molar-refractivity contribution in [3.8, 4) is 11.4 Å². The van der Waals surface area contributed by atoms with E-state index >= 15 is 0 Å². The van der Waals surface area contributed by atoms with Crippen LogP contribution in [0.25, 0.3) is 11.4 Å². The molecule has 5 nitrogen and oxygen atoms in total. The van der Waals surface area contributed by atoms with Crippen molar-refractivity contribution in [2.45, 2.75) is 25.8 Å². The minimum absolute atomic E-state index is 0.444. The van der Waals surface area contributed by atoms with Gasteiger partial charge < -0.3 is 10.6 Å². The maximum Gasteiger partial charge on any atom is 0.163 e. The second-order valence-electron chi connectivity index (χ2n) is 5.15. The van der Waals surface area contributed by atoms with Crippen LogP contribution in [0.15, 0.2) is 30.6 Å². The van der Waals surface area contributed by atoms with Crippen molar-refractivity contribution in [2.75, 3.05) is 18.4 Å². The SMILES string of the molecule is Cc1cc(NC2CCCNC2)nc(-c2cccnc2)n1. The summed E-state index contributed by atoms with van der Waals surface area (Å²) in [6, 6.07) is 6.32. The first-order chi connectivity index (χ1) is 9.81. The molecule has 20 heavy (non-hydrogen) atoms. The third-order valence-electron chi connectivity index (χ3n) is 3.42. The summed E-state index contributed by atoms with van der Waals surface area (Å²) >= 11 is 0. The number of aromatic nitrogens is 3. The molecule has 1 atom stereocenters. The van der Waals surface area contributed by atoms with Crippen LogP contribution in [-0.2, 0) is 0 Å². The molecule has 1 aliphatic heterocycles. The van der Waals surface area contributed by atoms with Gasteiger partial charge in [0.1, 0.15) is 5.82 Å². The number of aryl methyl sites for hydroxylation is 1. The van der Waals surface area contributed by atoms with E-state index in [1.165, 1.54) is 12.8 Å². The van der Waals surface area contributed by atoms with Crippen LogP contribution in [0.5, 0.6) is 0 Å². The predicted molar refractivity (Wildman–Crippen MR) is 79.5 cm³/mol. The van der Waals surface area contributed by atoms with Crippen molar-refractivity contribution in [3.05, 3.63) is 36.3 Å². The third-order valence-corrected chi connectivity index (χ3v) is 3.42. The Labute approximate surface area is 118 Å². The fraction of sp³-hybridized carbons (Fsp3) is 0.400. The summed E-state index contributed by atoms with van der Waals surface area (Å²) in [6.45, 7) is 4.10. The van der Waals surface area contributed by atoms with Crippen molar-refractivity contribution in [1.82, 2.24) is 20.3 Å². The van der Waals surface area contributed by atoms with Gasteiger partial charge in [-0.2, -0.15) is 0 Å². The van der Waals surface area contributed by atoms with E-state index in [0.717, 1.165) is 36.0 Å². The number of hydrogen-bond donors (Lipinski definition) is 2. The van der Waals surface area contributed by atoms with Crippen LogP contribution in [0.1, 0.15) is 18.5 Å². The molecule has 2 aromatic heterocycles. The summed E-state index contributed by atoms with van der Waals surface area (Å²) in [5.41, 5.74) is 1.91. The van der Waals surface area contributed by atoms with Gasteiger partial charge in [-0.3, -0.25) is 4.98 Å². The van der Waals surface area contributed by atoms with E-state index in [9.17, 15) is 0 Å². The monoisotopic (exact) mass is 269 g/mol. The maximum atomic E-state index is 4.61. The lowest BCUT2D eigenvalue weighted by Gasteiger charge is -2.24. The fourth-order valence-electron chi connectivity index (χ4n) is 2.45. The Morgan fingerprint density at radius 1 is 1.35 bits per heavy atom. The zero-order chi connectivity index (χ0) is 13.8. The van der Waals surface area contributed by atoms with Gasteiger partial charge in [0.2, 0.25) is 0 Å². The molecule has 0 saturated carbocycles. The van der Waals surface area contributed by atoms with Gasteiger partial charge in [-0.15, -0.1) is 0 Å². The van der Waals surface area contributed by atoms with Crippen molar-refractivity contribution in [1.29, 1.82) is 0 Å². The Bertz CT molecular complexity index is 564. The van der Waals surface area contributed by atoms with E-state index in [1.54, 1.807) is 12.4 Å². The van der Waals surface area contributed by atoms with E-state index in [1.807, 2.05) is 25.1 Å². The molecule has 1 unspecified atom stereocenters. The molecule has 0 amide bonds. The number of nitrogens with zero attached hydrogens (tertiary/aromatic N) is 3. The van der Waals surface area contributed by atoms with Gasteiger partial charge in [0.15, 0.2) is 5.82 Å². The highest BCUT2D eigenvalue weighted by Crippen LogP contribution is 2.18. The van der Waals surface area contributed by atoms with Crippen molar-refractivity contribution in [3.63, 3.8) is 0 Å². The molecule has 1 saturated heterocycles. The van der Waals surface area contributed by atoms with Crippen LogP contribution < -0.4 is 10.6 Å². The number of pyridine rings is 1. The minimum Gasteiger partial charge on any atom is -0.366 e. The first kappa shape index (κ1) is 13.0. The van der Waals surface area contributed by atoms with Gasteiger partial charge in [-0.05, 0) is 38.4 Å². The van der Waals surface area contributed by atoms with Crippen LogP contribution in [0.3, 0.4) is 0 Å². The van der Waals surface area contributed by atoms with Gasteiger partial charge >= 0.3 is 0 Å². The third kappa shape index (κ3) is 3.11. The van der Waals surface area contributed by atoms with Crippen LogP contribution >= 0.6 is 0 Å². The summed E-state index contributed by atoms with van der Waals surface area (Å²) in [7, 11) is 0. The average molecular weight is 269 g/mol. The van der Waals surface area contributed by atoms with Crippen molar-refractivity contribution < 1.29 is 0 Å². The molecule has 0 radical (unpaired) electrons. The lowest BCUT2D eigenvalue weighted by Crippen LogP contribution is -2.38. The van der Waals surface area contributed by atoms with E-state index < -0.39 is 0 Å². The summed E-state index contributed by atoms with van der Waals surface area (Å²) in [5, 5.41) is 6.90. The molecule has 1 fully saturated rings. The molecule has 5 heteroatoms. The Hall–Kier alpha value is -2.01. The summed E-state index contributed by atoms with van der Waals surface area (Å²) in [4.78, 5) is 13.2. The zero-order valence-electron chi connectivity index (χ0n) is 11.6. The van der Waals surface area contributed by atoms with Crippen LogP contribution in [-0.4, -0.2) is 34.1 Å². The topological polar surface area (TPSA) is 62.7 Å². The standard InChI is InChI=1S/C15H19N5/c1-11-8-14(19-13-5-3-7-17-10-13)20-15(18-11)12-4-2-6-16-9-12/h2,4,6,8-9,13,17H,3,5,7,10H2,1H3,(H,18,19,20). The molecule has 0 bridgehead atoms. The second kappa shape index (κ2) is 5.96. The smallest absolute Gasteiger partial charge is 0.163 e. The molecular weight excluding hydrogens is 250 g/mol. The zero-order valence-corrected chi connectivity index (χ0v) is 11.6. The highest BCUT2D eigenvalue weighted by Gasteiger charge is 2.14. The van der Waals surface area contributed by atoms with Gasteiger partial charge in [0.05, 0.1) is 0 Å². The molecule has 1 aliphatic rings. The summed E-state index contributed by atoms with van der Waals surface area (Å²) in [5.74, 6) is 1.62. The molecular formula is C15H19N5. The normalized spacial score (nSPS) is 18.8. The molecule has 0 aliphatic carbocycles. The molecule has 3 rings (SSSR count). The summed E-state index contributed by atoms with van der Waals surface area (Å²) in [6.07, 6.45) is 5.93. The molecule has 2 aromatic rings. The second-order valence-corrected chi connectivity index (χ2v) is 5.15.